The molecule has 1 aromatic heterocycles. The van der Waals surface area contributed by atoms with E-state index < -0.39 is 0 Å². The van der Waals surface area contributed by atoms with Gasteiger partial charge in [0, 0.05) is 24.3 Å². The van der Waals surface area contributed by atoms with Gasteiger partial charge in [0.15, 0.2) is 5.13 Å². The maximum absolute atomic E-state index is 13.1. The minimum atomic E-state index is -0.164. The van der Waals surface area contributed by atoms with Crippen molar-refractivity contribution in [2.24, 2.45) is 0 Å². The van der Waals surface area contributed by atoms with E-state index >= 15 is 0 Å². The fraction of sp³-hybridized carbons (Fsp3) is 0.273. The number of morpholine rings is 1. The molecule has 0 unspecified atom stereocenters. The average Bonchev–Trinajstić information content (AvgIpc) is 3.21. The minimum absolute atomic E-state index is 0.164. The van der Waals surface area contributed by atoms with E-state index in [-0.39, 0.29) is 5.91 Å². The highest BCUT2D eigenvalue weighted by Gasteiger charge is 2.23. The smallest absolute Gasteiger partial charge is 0.268 e. The van der Waals surface area contributed by atoms with Gasteiger partial charge in [-0.1, -0.05) is 41.2 Å². The van der Waals surface area contributed by atoms with Crippen LogP contribution in [0.3, 0.4) is 0 Å². The molecule has 0 aliphatic carbocycles. The summed E-state index contributed by atoms with van der Waals surface area (Å²) >= 11 is 1.42. The summed E-state index contributed by atoms with van der Waals surface area (Å²) in [6.07, 6.45) is 0. The molecule has 1 saturated heterocycles. The lowest BCUT2D eigenvalue weighted by Gasteiger charge is -2.26. The summed E-state index contributed by atoms with van der Waals surface area (Å²) in [4.78, 5) is 20.7. The van der Waals surface area contributed by atoms with Crippen molar-refractivity contribution in [3.05, 3.63) is 59.0 Å². The number of benzene rings is 2. The van der Waals surface area contributed by atoms with Gasteiger partial charge in [-0.2, -0.15) is 0 Å². The van der Waals surface area contributed by atoms with E-state index in [0.717, 1.165) is 29.5 Å². The lowest BCUT2D eigenvalue weighted by Crippen LogP contribution is -2.36. The van der Waals surface area contributed by atoms with Gasteiger partial charge in [0.25, 0.3) is 5.91 Å². The number of nitrogens with zero attached hydrogens (tertiary/aromatic N) is 2. The van der Waals surface area contributed by atoms with Crippen LogP contribution < -0.4 is 15.0 Å². The Bertz CT molecular complexity index is 978. The molecule has 7 heteroatoms. The molecule has 2 heterocycles. The van der Waals surface area contributed by atoms with Gasteiger partial charge in [0.1, 0.15) is 10.6 Å². The molecule has 4 rings (SSSR count). The third-order valence-corrected chi connectivity index (χ3v) is 5.89. The Hall–Kier alpha value is -2.90. The highest BCUT2D eigenvalue weighted by Crippen LogP contribution is 2.34. The van der Waals surface area contributed by atoms with E-state index in [2.05, 4.69) is 10.2 Å². The van der Waals surface area contributed by atoms with E-state index in [4.69, 9.17) is 14.5 Å². The molecule has 0 atom stereocenters. The van der Waals surface area contributed by atoms with Gasteiger partial charge in [-0.25, -0.2) is 4.98 Å². The van der Waals surface area contributed by atoms with Crippen molar-refractivity contribution in [3.63, 3.8) is 0 Å². The number of nitrogens with one attached hydrogen (secondary N) is 1. The molecule has 0 spiro atoms. The van der Waals surface area contributed by atoms with Crippen molar-refractivity contribution in [2.75, 3.05) is 43.6 Å². The number of ether oxygens (including phenoxy) is 2. The number of aryl methyl sites for hydroxylation is 1. The van der Waals surface area contributed by atoms with Crippen LogP contribution in [0.2, 0.25) is 0 Å². The zero-order valence-corrected chi connectivity index (χ0v) is 17.3. The summed E-state index contributed by atoms with van der Waals surface area (Å²) < 4.78 is 10.6. The van der Waals surface area contributed by atoms with E-state index in [1.54, 1.807) is 7.11 Å². The second-order valence-electron chi connectivity index (χ2n) is 6.82. The molecule has 0 bridgehead atoms. The van der Waals surface area contributed by atoms with Crippen LogP contribution in [0, 0.1) is 6.92 Å². The largest absolute Gasteiger partial charge is 0.497 e. The third-order valence-electron chi connectivity index (χ3n) is 4.78. The number of carbonyl (C=O) groups is 1. The summed E-state index contributed by atoms with van der Waals surface area (Å²) in [5, 5.41) is 3.83. The Morgan fingerprint density at radius 1 is 1.10 bits per heavy atom. The number of methoxy groups -OCH3 is 1. The molecule has 2 aromatic carbocycles. The molecule has 29 heavy (non-hydrogen) atoms. The second kappa shape index (κ2) is 8.63. The topological polar surface area (TPSA) is 63.7 Å². The number of anilines is 2. The maximum atomic E-state index is 13.1. The minimum Gasteiger partial charge on any atom is -0.497 e. The zero-order chi connectivity index (χ0) is 20.2. The van der Waals surface area contributed by atoms with Crippen molar-refractivity contribution >= 4 is 28.1 Å². The van der Waals surface area contributed by atoms with Crippen LogP contribution in [0.1, 0.15) is 15.2 Å². The van der Waals surface area contributed by atoms with E-state index in [0.29, 0.717) is 29.5 Å². The second-order valence-corrected chi connectivity index (χ2v) is 7.80. The van der Waals surface area contributed by atoms with Gasteiger partial charge in [-0.15, -0.1) is 0 Å². The predicted molar refractivity (Wildman–Crippen MR) is 116 cm³/mol. The van der Waals surface area contributed by atoms with E-state index in [1.807, 2.05) is 55.5 Å². The molecule has 0 radical (unpaired) electrons. The number of amides is 1. The van der Waals surface area contributed by atoms with E-state index in [9.17, 15) is 4.79 Å². The molecule has 1 amide bonds. The van der Waals surface area contributed by atoms with E-state index in [1.165, 1.54) is 16.9 Å². The molecule has 1 aliphatic heterocycles. The summed E-state index contributed by atoms with van der Waals surface area (Å²) in [6.45, 7) is 4.95. The monoisotopic (exact) mass is 409 g/mol. The first-order valence-electron chi connectivity index (χ1n) is 9.50. The first-order valence-corrected chi connectivity index (χ1v) is 10.3. The van der Waals surface area contributed by atoms with Crippen molar-refractivity contribution in [1.82, 2.24) is 4.98 Å². The molecule has 1 aliphatic rings. The van der Waals surface area contributed by atoms with Crippen molar-refractivity contribution in [2.45, 2.75) is 6.92 Å². The zero-order valence-electron chi connectivity index (χ0n) is 16.5. The number of aromatic nitrogens is 1. The molecule has 1 fully saturated rings. The van der Waals surface area contributed by atoms with Crippen molar-refractivity contribution in [1.29, 1.82) is 0 Å². The first kappa shape index (κ1) is 19.4. The number of thiazole rings is 1. The lowest BCUT2D eigenvalue weighted by atomic mass is 10.1. The summed E-state index contributed by atoms with van der Waals surface area (Å²) in [6, 6.07) is 15.4. The fourth-order valence-corrected chi connectivity index (χ4v) is 4.16. The molecule has 150 valence electrons. The molecule has 1 N–H and O–H groups in total. The predicted octanol–water partition coefficient (Wildman–Crippen LogP) is 4.22. The molecule has 3 aromatic rings. The fourth-order valence-electron chi connectivity index (χ4n) is 3.12. The van der Waals surface area contributed by atoms with Crippen LogP contribution in [0.15, 0.2) is 48.5 Å². The Balaban J connectivity index is 1.66. The van der Waals surface area contributed by atoms with Crippen molar-refractivity contribution in [3.8, 4) is 17.0 Å². The Labute approximate surface area is 174 Å². The quantitative estimate of drug-likeness (QED) is 0.684. The standard InChI is InChI=1S/C22H23N3O3S/c1-15-3-5-16(6-4-15)19-20(29-22(24-19)25-11-13-28-14-12-25)21(26)23-17-7-9-18(27-2)10-8-17/h3-10H,11-14H2,1-2H3,(H,23,26). The lowest BCUT2D eigenvalue weighted by molar-refractivity contribution is 0.103. The molecular formula is C22H23N3O3S. The summed E-state index contributed by atoms with van der Waals surface area (Å²) in [5.74, 6) is 0.582. The number of carbonyl (C=O) groups excluding carboxylic acids is 1. The highest BCUT2D eigenvalue weighted by molar-refractivity contribution is 7.18. The summed E-state index contributed by atoms with van der Waals surface area (Å²) in [5.41, 5.74) is 3.53. The van der Waals surface area contributed by atoms with Gasteiger partial charge < -0.3 is 19.7 Å². The normalized spacial score (nSPS) is 13.9. The Morgan fingerprint density at radius 2 is 1.79 bits per heavy atom. The first-order chi connectivity index (χ1) is 14.1. The Kier molecular flexibility index (Phi) is 5.78. The molecular weight excluding hydrogens is 386 g/mol. The number of hydrogen-bond acceptors (Lipinski definition) is 6. The van der Waals surface area contributed by atoms with Gasteiger partial charge in [-0.05, 0) is 31.2 Å². The average molecular weight is 410 g/mol. The molecule has 0 saturated carbocycles. The highest BCUT2D eigenvalue weighted by atomic mass is 32.1. The van der Waals surface area contributed by atoms with Crippen molar-refractivity contribution < 1.29 is 14.3 Å². The van der Waals surface area contributed by atoms with Gasteiger partial charge in [-0.3, -0.25) is 4.79 Å². The van der Waals surface area contributed by atoms with Crippen LogP contribution in [0.5, 0.6) is 5.75 Å². The van der Waals surface area contributed by atoms with Crippen LogP contribution in [0.25, 0.3) is 11.3 Å². The van der Waals surface area contributed by atoms with Gasteiger partial charge in [0.05, 0.1) is 26.0 Å². The number of hydrogen-bond donors (Lipinski definition) is 1. The Morgan fingerprint density at radius 3 is 2.45 bits per heavy atom. The van der Waals surface area contributed by atoms with Crippen LogP contribution in [-0.2, 0) is 4.74 Å². The molecule has 6 nitrogen and oxygen atoms in total. The van der Waals surface area contributed by atoms with Gasteiger partial charge in [0.2, 0.25) is 0 Å². The van der Waals surface area contributed by atoms with Crippen LogP contribution in [0.4, 0.5) is 10.8 Å². The maximum Gasteiger partial charge on any atom is 0.268 e. The van der Waals surface area contributed by atoms with Gasteiger partial charge >= 0.3 is 0 Å². The number of rotatable bonds is 5. The third kappa shape index (κ3) is 4.41. The van der Waals surface area contributed by atoms with Crippen LogP contribution in [-0.4, -0.2) is 44.3 Å². The summed E-state index contributed by atoms with van der Waals surface area (Å²) in [7, 11) is 1.62. The SMILES string of the molecule is COc1ccc(NC(=O)c2sc(N3CCOCC3)nc2-c2ccc(C)cc2)cc1. The van der Waals surface area contributed by atoms with Crippen LogP contribution >= 0.6 is 11.3 Å².